The second-order valence-corrected chi connectivity index (χ2v) is 4.84. The quantitative estimate of drug-likeness (QED) is 0.889. The first-order valence-electron chi connectivity index (χ1n) is 6.95. The molecule has 0 aromatic heterocycles. The van der Waals surface area contributed by atoms with Gasteiger partial charge < -0.3 is 14.8 Å². The number of rotatable bonds is 6. The van der Waals surface area contributed by atoms with Crippen molar-refractivity contribution in [3.05, 3.63) is 65.2 Å². The zero-order valence-electron chi connectivity index (χ0n) is 12.8. The van der Waals surface area contributed by atoms with Crippen LogP contribution in [0.25, 0.3) is 0 Å². The van der Waals surface area contributed by atoms with Crippen molar-refractivity contribution in [2.45, 2.75) is 6.10 Å². The number of carbonyl (C=O) groups excluding carboxylic acids is 1. The maximum absolute atomic E-state index is 13.6. The number of nitrogens with one attached hydrogen (secondary N) is 1. The zero-order chi connectivity index (χ0) is 16.8. The summed E-state index contributed by atoms with van der Waals surface area (Å²) < 4.78 is 36.9. The lowest BCUT2D eigenvalue weighted by Crippen LogP contribution is -2.29. The average Bonchev–Trinajstić information content (AvgIpc) is 2.55. The summed E-state index contributed by atoms with van der Waals surface area (Å²) in [5.74, 6) is -1.39. The van der Waals surface area contributed by atoms with Gasteiger partial charge in [-0.1, -0.05) is 12.1 Å². The summed E-state index contributed by atoms with van der Waals surface area (Å²) in [6.45, 7) is 0.131. The van der Waals surface area contributed by atoms with Crippen molar-refractivity contribution in [2.75, 3.05) is 20.8 Å². The Labute approximate surface area is 133 Å². The standard InChI is InChI=1S/C17H17F2NO3/c1-22-15-7-6-12(9-14(15)19)17(21)20-10-16(23-2)11-4-3-5-13(18)8-11/h3-9,16H,10H2,1-2H3,(H,20,21)/t16-/m1/s1. The van der Waals surface area contributed by atoms with Gasteiger partial charge in [-0.3, -0.25) is 4.79 Å². The largest absolute Gasteiger partial charge is 0.494 e. The normalized spacial score (nSPS) is 11.8. The van der Waals surface area contributed by atoms with Crippen LogP contribution in [0.5, 0.6) is 5.75 Å². The fraction of sp³-hybridized carbons (Fsp3) is 0.235. The van der Waals surface area contributed by atoms with Gasteiger partial charge in [-0.2, -0.15) is 0 Å². The molecule has 0 aliphatic heterocycles. The van der Waals surface area contributed by atoms with Crippen LogP contribution in [0.15, 0.2) is 42.5 Å². The summed E-state index contributed by atoms with van der Waals surface area (Å²) in [5.41, 5.74) is 0.770. The Morgan fingerprint density at radius 1 is 1.17 bits per heavy atom. The lowest BCUT2D eigenvalue weighted by molar-refractivity contribution is 0.0826. The van der Waals surface area contributed by atoms with E-state index in [1.54, 1.807) is 12.1 Å². The highest BCUT2D eigenvalue weighted by Crippen LogP contribution is 2.19. The number of methoxy groups -OCH3 is 2. The van der Waals surface area contributed by atoms with Crippen molar-refractivity contribution in [2.24, 2.45) is 0 Å². The van der Waals surface area contributed by atoms with E-state index < -0.39 is 17.8 Å². The van der Waals surface area contributed by atoms with Crippen molar-refractivity contribution >= 4 is 5.91 Å². The Balaban J connectivity index is 2.03. The van der Waals surface area contributed by atoms with E-state index in [0.29, 0.717) is 5.56 Å². The first kappa shape index (κ1) is 16.9. The minimum Gasteiger partial charge on any atom is -0.494 e. The first-order valence-corrected chi connectivity index (χ1v) is 6.95. The molecule has 0 aliphatic carbocycles. The van der Waals surface area contributed by atoms with Crippen LogP contribution in [0.1, 0.15) is 22.0 Å². The van der Waals surface area contributed by atoms with Crippen molar-refractivity contribution < 1.29 is 23.0 Å². The topological polar surface area (TPSA) is 47.6 Å². The van der Waals surface area contributed by atoms with Crippen molar-refractivity contribution in [1.29, 1.82) is 0 Å². The Morgan fingerprint density at radius 3 is 2.57 bits per heavy atom. The van der Waals surface area contributed by atoms with Crippen LogP contribution < -0.4 is 10.1 Å². The van der Waals surface area contributed by atoms with Crippen LogP contribution in [0.4, 0.5) is 8.78 Å². The third-order valence-electron chi connectivity index (χ3n) is 3.37. The van der Waals surface area contributed by atoms with Crippen LogP contribution in [-0.2, 0) is 4.74 Å². The minimum absolute atomic E-state index is 0.0658. The fourth-order valence-electron chi connectivity index (χ4n) is 2.14. The molecule has 0 saturated carbocycles. The van der Waals surface area contributed by atoms with Gasteiger partial charge in [-0.25, -0.2) is 8.78 Å². The molecule has 4 nitrogen and oxygen atoms in total. The van der Waals surface area contributed by atoms with Gasteiger partial charge in [-0.15, -0.1) is 0 Å². The van der Waals surface area contributed by atoms with Crippen LogP contribution in [0, 0.1) is 11.6 Å². The van der Waals surface area contributed by atoms with E-state index in [1.807, 2.05) is 0 Å². The van der Waals surface area contributed by atoms with Gasteiger partial charge in [0.05, 0.1) is 13.2 Å². The predicted octanol–water partition coefficient (Wildman–Crippen LogP) is 3.09. The summed E-state index contributed by atoms with van der Waals surface area (Å²) in [7, 11) is 2.81. The molecule has 0 spiro atoms. The third kappa shape index (κ3) is 4.26. The van der Waals surface area contributed by atoms with Gasteiger partial charge in [0.15, 0.2) is 11.6 Å². The van der Waals surface area contributed by atoms with Gasteiger partial charge in [0.1, 0.15) is 5.82 Å². The van der Waals surface area contributed by atoms with Crippen molar-refractivity contribution in [1.82, 2.24) is 5.32 Å². The van der Waals surface area contributed by atoms with E-state index in [4.69, 9.17) is 9.47 Å². The highest BCUT2D eigenvalue weighted by Gasteiger charge is 2.15. The Hall–Kier alpha value is -2.47. The molecular weight excluding hydrogens is 304 g/mol. The molecule has 0 bridgehead atoms. The summed E-state index contributed by atoms with van der Waals surface area (Å²) in [4.78, 5) is 12.1. The monoisotopic (exact) mass is 321 g/mol. The highest BCUT2D eigenvalue weighted by molar-refractivity contribution is 5.94. The molecule has 122 valence electrons. The Morgan fingerprint density at radius 2 is 1.96 bits per heavy atom. The van der Waals surface area contributed by atoms with Crippen molar-refractivity contribution in [3.63, 3.8) is 0 Å². The number of carbonyl (C=O) groups is 1. The van der Waals surface area contributed by atoms with E-state index in [2.05, 4.69) is 5.32 Å². The average molecular weight is 321 g/mol. The summed E-state index contributed by atoms with van der Waals surface area (Å²) in [5, 5.41) is 2.64. The van der Waals surface area contributed by atoms with Crippen LogP contribution in [0.2, 0.25) is 0 Å². The smallest absolute Gasteiger partial charge is 0.251 e. The number of ether oxygens (including phenoxy) is 2. The highest BCUT2D eigenvalue weighted by atomic mass is 19.1. The Kier molecular flexibility index (Phi) is 5.65. The van der Waals surface area contributed by atoms with Crippen LogP contribution in [-0.4, -0.2) is 26.7 Å². The van der Waals surface area contributed by atoms with Gasteiger partial charge >= 0.3 is 0 Å². The summed E-state index contributed by atoms with van der Waals surface area (Å²) in [6.07, 6.45) is -0.502. The second kappa shape index (κ2) is 7.69. The SMILES string of the molecule is COc1ccc(C(=O)NC[C@@H](OC)c2cccc(F)c2)cc1F. The van der Waals surface area contributed by atoms with Crippen molar-refractivity contribution in [3.8, 4) is 5.75 Å². The molecule has 0 saturated heterocycles. The maximum Gasteiger partial charge on any atom is 0.251 e. The van der Waals surface area contributed by atoms with Crippen LogP contribution in [0.3, 0.4) is 0 Å². The van der Waals surface area contributed by atoms with Gasteiger partial charge in [0.25, 0.3) is 5.91 Å². The summed E-state index contributed by atoms with van der Waals surface area (Å²) >= 11 is 0. The molecule has 2 rings (SSSR count). The molecule has 6 heteroatoms. The number of benzene rings is 2. The first-order chi connectivity index (χ1) is 11.0. The van der Waals surface area contributed by atoms with E-state index in [9.17, 15) is 13.6 Å². The van der Waals surface area contributed by atoms with Gasteiger partial charge in [-0.05, 0) is 35.9 Å². The van der Waals surface area contributed by atoms with E-state index in [1.165, 1.54) is 38.5 Å². The fourth-order valence-corrected chi connectivity index (χ4v) is 2.14. The zero-order valence-corrected chi connectivity index (χ0v) is 12.8. The van der Waals surface area contributed by atoms with E-state index >= 15 is 0 Å². The summed E-state index contributed by atoms with van der Waals surface area (Å²) in [6, 6.07) is 9.88. The number of hydrogen-bond donors (Lipinski definition) is 1. The second-order valence-electron chi connectivity index (χ2n) is 4.84. The number of hydrogen-bond acceptors (Lipinski definition) is 3. The molecule has 2 aromatic carbocycles. The Bertz CT molecular complexity index is 691. The van der Waals surface area contributed by atoms with E-state index in [-0.39, 0.29) is 23.7 Å². The molecule has 1 amide bonds. The predicted molar refractivity (Wildman–Crippen MR) is 81.4 cm³/mol. The van der Waals surface area contributed by atoms with Gasteiger partial charge in [0.2, 0.25) is 0 Å². The molecular formula is C17H17F2NO3. The molecule has 2 aromatic rings. The molecule has 0 unspecified atom stereocenters. The number of halogens is 2. The maximum atomic E-state index is 13.6. The van der Waals surface area contributed by atoms with Crippen LogP contribution >= 0.6 is 0 Å². The molecule has 1 atom stereocenters. The number of amides is 1. The molecule has 0 aliphatic rings. The van der Waals surface area contributed by atoms with Gasteiger partial charge in [0, 0.05) is 19.2 Å². The molecule has 1 N–H and O–H groups in total. The molecule has 0 fully saturated rings. The molecule has 0 radical (unpaired) electrons. The third-order valence-corrected chi connectivity index (χ3v) is 3.37. The van der Waals surface area contributed by atoms with E-state index in [0.717, 1.165) is 6.07 Å². The minimum atomic E-state index is -0.617. The lowest BCUT2D eigenvalue weighted by atomic mass is 10.1. The lowest BCUT2D eigenvalue weighted by Gasteiger charge is -2.16. The molecule has 23 heavy (non-hydrogen) atoms. The molecule has 0 heterocycles.